The molecule has 0 saturated carbocycles. The van der Waals surface area contributed by atoms with Gasteiger partial charge in [-0.05, 0) is 52.1 Å². The van der Waals surface area contributed by atoms with Crippen molar-refractivity contribution >= 4 is 54.1 Å². The summed E-state index contributed by atoms with van der Waals surface area (Å²) in [5, 5.41) is 5.69. The van der Waals surface area contributed by atoms with Crippen molar-refractivity contribution in [3.8, 4) is 44.6 Å². The van der Waals surface area contributed by atoms with Gasteiger partial charge in [0.2, 0.25) is 0 Å². The van der Waals surface area contributed by atoms with Crippen LogP contribution in [0, 0.1) is 0 Å². The van der Waals surface area contributed by atoms with E-state index in [1.807, 2.05) is 30.3 Å². The molecule has 0 saturated heterocycles. The Hall–Kier alpha value is -5.65. The van der Waals surface area contributed by atoms with Crippen LogP contribution < -0.4 is 0 Å². The highest BCUT2D eigenvalue weighted by Gasteiger charge is 2.18. The van der Waals surface area contributed by atoms with Gasteiger partial charge in [-0.2, -0.15) is 0 Å². The van der Waals surface area contributed by atoms with E-state index in [2.05, 4.69) is 109 Å². The lowest BCUT2D eigenvalue weighted by Crippen LogP contribution is -2.00. The van der Waals surface area contributed by atoms with Crippen LogP contribution in [0.3, 0.4) is 0 Å². The normalized spacial score (nSPS) is 11.6. The Bertz CT molecular complexity index is 2480. The molecule has 3 heterocycles. The molecule has 4 nitrogen and oxygen atoms in total. The first-order chi connectivity index (χ1) is 21.8. The fraction of sp³-hybridized carbons (Fsp3) is 0. The standard InChI is InChI=1S/C39H23N3OS/c1-2-9-27-22-29(21-16-24(27)8-1)38-40-37(26-19-17-25(18-20-26)35-23-28-10-3-6-15-34(28)44-35)41-39(42-38)32-13-7-12-31-30-11-4-5-14-33(30)43-36(31)32/h1-23H. The first-order valence-corrected chi connectivity index (χ1v) is 15.3. The van der Waals surface area contributed by atoms with Gasteiger partial charge in [0, 0.05) is 31.5 Å². The molecule has 0 bridgehead atoms. The van der Waals surface area contributed by atoms with Gasteiger partial charge in [0.25, 0.3) is 0 Å². The molecule has 0 radical (unpaired) electrons. The predicted molar refractivity (Wildman–Crippen MR) is 182 cm³/mol. The Morgan fingerprint density at radius 1 is 0.455 bits per heavy atom. The van der Waals surface area contributed by atoms with Crippen molar-refractivity contribution in [2.45, 2.75) is 0 Å². The van der Waals surface area contributed by atoms with Crippen LogP contribution in [0.4, 0.5) is 0 Å². The Kier molecular flexibility index (Phi) is 5.64. The fourth-order valence-corrected chi connectivity index (χ4v) is 6.98. The number of thiophene rings is 1. The molecule has 0 atom stereocenters. The Morgan fingerprint density at radius 2 is 1.11 bits per heavy atom. The van der Waals surface area contributed by atoms with Crippen molar-refractivity contribution in [3.05, 3.63) is 140 Å². The van der Waals surface area contributed by atoms with E-state index in [4.69, 9.17) is 19.4 Å². The van der Waals surface area contributed by atoms with E-state index < -0.39 is 0 Å². The van der Waals surface area contributed by atoms with Crippen LogP contribution >= 0.6 is 11.3 Å². The van der Waals surface area contributed by atoms with Crippen molar-refractivity contribution in [2.75, 3.05) is 0 Å². The van der Waals surface area contributed by atoms with E-state index in [1.54, 1.807) is 11.3 Å². The zero-order valence-corrected chi connectivity index (χ0v) is 24.3. The summed E-state index contributed by atoms with van der Waals surface area (Å²) < 4.78 is 7.66. The number of para-hydroxylation sites is 2. The average Bonchev–Trinajstić information content (AvgIpc) is 3.70. The SMILES string of the molecule is c1ccc2cc(-c3nc(-c4ccc(-c5cc6ccccc6s5)cc4)nc(-c4cccc5c4oc4ccccc45)n3)ccc2c1. The van der Waals surface area contributed by atoms with Gasteiger partial charge in [0.15, 0.2) is 17.5 Å². The van der Waals surface area contributed by atoms with E-state index in [0.717, 1.165) is 44.0 Å². The summed E-state index contributed by atoms with van der Waals surface area (Å²) in [4.78, 5) is 16.3. The van der Waals surface area contributed by atoms with Gasteiger partial charge in [-0.3, -0.25) is 0 Å². The molecule has 206 valence electrons. The second-order valence-corrected chi connectivity index (χ2v) is 12.0. The van der Waals surface area contributed by atoms with Crippen LogP contribution in [0.1, 0.15) is 0 Å². The number of hydrogen-bond donors (Lipinski definition) is 0. The molecule has 5 heteroatoms. The molecule has 0 fully saturated rings. The number of furan rings is 1. The van der Waals surface area contributed by atoms with E-state index in [1.165, 1.54) is 25.9 Å². The van der Waals surface area contributed by atoms with E-state index in [9.17, 15) is 0 Å². The van der Waals surface area contributed by atoms with E-state index in [-0.39, 0.29) is 0 Å². The van der Waals surface area contributed by atoms with Crippen LogP contribution in [-0.4, -0.2) is 15.0 Å². The van der Waals surface area contributed by atoms with Crippen LogP contribution in [0.15, 0.2) is 144 Å². The molecule has 6 aromatic carbocycles. The highest BCUT2D eigenvalue weighted by molar-refractivity contribution is 7.22. The molecule has 0 spiro atoms. The molecule has 9 rings (SSSR count). The zero-order valence-electron chi connectivity index (χ0n) is 23.4. The second-order valence-electron chi connectivity index (χ2n) is 10.9. The molecular formula is C39H23N3OS. The number of fused-ring (bicyclic) bond motifs is 5. The van der Waals surface area contributed by atoms with Gasteiger partial charge in [-0.15, -0.1) is 11.3 Å². The molecule has 44 heavy (non-hydrogen) atoms. The predicted octanol–water partition coefficient (Wildman–Crippen LogP) is 10.8. The number of aromatic nitrogens is 3. The Morgan fingerprint density at radius 3 is 1.98 bits per heavy atom. The van der Waals surface area contributed by atoms with Crippen LogP contribution in [0.25, 0.3) is 87.4 Å². The first-order valence-electron chi connectivity index (χ1n) is 14.5. The molecular weight excluding hydrogens is 559 g/mol. The summed E-state index contributed by atoms with van der Waals surface area (Å²) >= 11 is 1.80. The lowest BCUT2D eigenvalue weighted by atomic mass is 10.1. The molecule has 9 aromatic rings. The molecule has 0 aliphatic rings. The molecule has 0 unspecified atom stereocenters. The second kappa shape index (κ2) is 9.97. The smallest absolute Gasteiger partial charge is 0.167 e. The van der Waals surface area contributed by atoms with Crippen molar-refractivity contribution in [1.82, 2.24) is 15.0 Å². The van der Waals surface area contributed by atoms with E-state index >= 15 is 0 Å². The van der Waals surface area contributed by atoms with Crippen molar-refractivity contribution in [2.24, 2.45) is 0 Å². The number of benzene rings is 6. The van der Waals surface area contributed by atoms with Crippen LogP contribution in [0.5, 0.6) is 0 Å². The molecule has 3 aromatic heterocycles. The quantitative estimate of drug-likeness (QED) is 0.207. The maximum atomic E-state index is 6.38. The maximum Gasteiger partial charge on any atom is 0.167 e. The number of nitrogens with zero attached hydrogens (tertiary/aromatic N) is 3. The molecule has 0 aliphatic carbocycles. The summed E-state index contributed by atoms with van der Waals surface area (Å²) in [6.07, 6.45) is 0. The highest BCUT2D eigenvalue weighted by Crippen LogP contribution is 2.37. The first kappa shape index (κ1) is 24.9. The zero-order chi connectivity index (χ0) is 29.0. The molecule has 0 aliphatic heterocycles. The van der Waals surface area contributed by atoms with Gasteiger partial charge >= 0.3 is 0 Å². The van der Waals surface area contributed by atoms with Gasteiger partial charge in [0.05, 0.1) is 5.56 Å². The monoisotopic (exact) mass is 581 g/mol. The van der Waals surface area contributed by atoms with Gasteiger partial charge in [-0.25, -0.2) is 15.0 Å². The molecule has 0 N–H and O–H groups in total. The summed E-state index contributed by atoms with van der Waals surface area (Å²) in [6, 6.07) is 48.2. The van der Waals surface area contributed by atoms with E-state index in [0.29, 0.717) is 17.5 Å². The van der Waals surface area contributed by atoms with Crippen molar-refractivity contribution < 1.29 is 4.42 Å². The van der Waals surface area contributed by atoms with Gasteiger partial charge < -0.3 is 4.42 Å². The maximum absolute atomic E-state index is 6.38. The minimum absolute atomic E-state index is 0.580. The third-order valence-corrected chi connectivity index (χ3v) is 9.31. The summed E-state index contributed by atoms with van der Waals surface area (Å²) in [5.41, 5.74) is 5.49. The molecule has 0 amide bonds. The number of hydrogen-bond acceptors (Lipinski definition) is 5. The summed E-state index contributed by atoms with van der Waals surface area (Å²) in [5.74, 6) is 1.82. The third-order valence-electron chi connectivity index (χ3n) is 8.14. The lowest BCUT2D eigenvalue weighted by Gasteiger charge is -2.10. The Labute approximate surface area is 256 Å². The number of rotatable bonds is 4. The average molecular weight is 582 g/mol. The minimum Gasteiger partial charge on any atom is -0.455 e. The Balaban J connectivity index is 1.21. The van der Waals surface area contributed by atoms with Crippen molar-refractivity contribution in [3.63, 3.8) is 0 Å². The lowest BCUT2D eigenvalue weighted by molar-refractivity contribution is 0.669. The fourth-order valence-electron chi connectivity index (χ4n) is 5.91. The van der Waals surface area contributed by atoms with Gasteiger partial charge in [-0.1, -0.05) is 109 Å². The summed E-state index contributed by atoms with van der Waals surface area (Å²) in [7, 11) is 0. The van der Waals surface area contributed by atoms with Crippen molar-refractivity contribution in [1.29, 1.82) is 0 Å². The van der Waals surface area contributed by atoms with Gasteiger partial charge in [0.1, 0.15) is 11.2 Å². The third kappa shape index (κ3) is 4.17. The topological polar surface area (TPSA) is 51.8 Å². The highest BCUT2D eigenvalue weighted by atomic mass is 32.1. The summed E-state index contributed by atoms with van der Waals surface area (Å²) in [6.45, 7) is 0. The van der Waals surface area contributed by atoms with Crippen LogP contribution in [0.2, 0.25) is 0 Å². The van der Waals surface area contributed by atoms with Crippen LogP contribution in [-0.2, 0) is 0 Å². The minimum atomic E-state index is 0.580. The largest absolute Gasteiger partial charge is 0.455 e.